The van der Waals surface area contributed by atoms with Crippen LogP contribution in [0, 0.1) is 0 Å². The second kappa shape index (κ2) is 6.66. The number of benzene rings is 1. The smallest absolute Gasteiger partial charge is 0.301 e. The molecule has 1 atom stereocenters. The minimum absolute atomic E-state index is 0.595. The molecule has 6 heteroatoms. The minimum Gasteiger partial charge on any atom is -0.369 e. The zero-order chi connectivity index (χ0) is 15.5. The van der Waals surface area contributed by atoms with Crippen molar-refractivity contribution >= 4 is 21.6 Å². The molecule has 1 saturated heterocycles. The van der Waals surface area contributed by atoms with Gasteiger partial charge in [0.2, 0.25) is 0 Å². The third kappa shape index (κ3) is 3.89. The van der Waals surface area contributed by atoms with Crippen molar-refractivity contribution in [1.82, 2.24) is 4.31 Å². The fourth-order valence-electron chi connectivity index (χ4n) is 2.73. The van der Waals surface area contributed by atoms with Crippen LogP contribution in [-0.2, 0) is 10.2 Å². The highest BCUT2D eigenvalue weighted by Crippen LogP contribution is 2.27. The lowest BCUT2D eigenvalue weighted by molar-refractivity contribution is 0.450. The summed E-state index contributed by atoms with van der Waals surface area (Å²) in [5.41, 5.74) is 1.77. The average molecular weight is 311 g/mol. The van der Waals surface area contributed by atoms with Gasteiger partial charge in [-0.3, -0.25) is 4.72 Å². The molecule has 0 aromatic heterocycles. The number of nitrogens with zero attached hydrogens (tertiary/aromatic N) is 2. The Balaban J connectivity index is 2.11. The maximum Gasteiger partial charge on any atom is 0.301 e. The molecule has 118 valence electrons. The van der Waals surface area contributed by atoms with Crippen LogP contribution in [0.1, 0.15) is 32.6 Å². The van der Waals surface area contributed by atoms with Crippen LogP contribution in [0.3, 0.4) is 0 Å². The Kier molecular flexibility index (Phi) is 5.11. The summed E-state index contributed by atoms with van der Waals surface area (Å²) in [6, 6.07) is 8.27. The van der Waals surface area contributed by atoms with E-state index < -0.39 is 10.2 Å². The average Bonchev–Trinajstić information content (AvgIpc) is 2.47. The first-order chi connectivity index (χ1) is 9.94. The van der Waals surface area contributed by atoms with Crippen LogP contribution in [0.2, 0.25) is 0 Å². The topological polar surface area (TPSA) is 52.7 Å². The van der Waals surface area contributed by atoms with Gasteiger partial charge in [0.05, 0.1) is 0 Å². The van der Waals surface area contributed by atoms with E-state index >= 15 is 0 Å². The lowest BCUT2D eigenvalue weighted by Crippen LogP contribution is -2.39. The lowest BCUT2D eigenvalue weighted by atomic mass is 9.99. The molecule has 0 radical (unpaired) electrons. The Bertz CT molecular complexity index is 555. The Morgan fingerprint density at radius 3 is 2.48 bits per heavy atom. The second-order valence-electron chi connectivity index (χ2n) is 5.69. The van der Waals surface area contributed by atoms with Crippen molar-refractivity contribution in [3.8, 4) is 0 Å². The van der Waals surface area contributed by atoms with Gasteiger partial charge in [0, 0.05) is 38.1 Å². The first-order valence-electron chi connectivity index (χ1n) is 7.51. The SMILES string of the molecule is CCC1CCCCN1c1ccc(NS(=O)(=O)N(C)C)cc1. The van der Waals surface area contributed by atoms with E-state index in [9.17, 15) is 8.42 Å². The predicted octanol–water partition coefficient (Wildman–Crippen LogP) is 2.67. The molecule has 0 amide bonds. The summed E-state index contributed by atoms with van der Waals surface area (Å²) in [7, 11) is -0.414. The van der Waals surface area contributed by atoms with Gasteiger partial charge in [-0.05, 0) is 49.9 Å². The summed E-state index contributed by atoms with van der Waals surface area (Å²) in [6.07, 6.45) is 4.92. The zero-order valence-corrected chi connectivity index (χ0v) is 13.9. The molecule has 1 heterocycles. The summed E-state index contributed by atoms with van der Waals surface area (Å²) in [6.45, 7) is 3.31. The van der Waals surface area contributed by atoms with E-state index in [2.05, 4.69) is 16.5 Å². The maximum absolute atomic E-state index is 11.8. The minimum atomic E-state index is -3.43. The van der Waals surface area contributed by atoms with Gasteiger partial charge in [-0.25, -0.2) is 0 Å². The van der Waals surface area contributed by atoms with E-state index in [4.69, 9.17) is 0 Å². The summed E-state index contributed by atoms with van der Waals surface area (Å²) in [4.78, 5) is 2.44. The monoisotopic (exact) mass is 311 g/mol. The van der Waals surface area contributed by atoms with E-state index in [1.807, 2.05) is 24.3 Å². The highest BCUT2D eigenvalue weighted by Gasteiger charge is 2.21. The lowest BCUT2D eigenvalue weighted by Gasteiger charge is -2.37. The summed E-state index contributed by atoms with van der Waals surface area (Å²) in [5, 5.41) is 0. The highest BCUT2D eigenvalue weighted by atomic mass is 32.2. The summed E-state index contributed by atoms with van der Waals surface area (Å²) >= 11 is 0. The van der Waals surface area contributed by atoms with E-state index in [0.717, 1.165) is 13.0 Å². The van der Waals surface area contributed by atoms with Gasteiger partial charge in [0.1, 0.15) is 0 Å². The number of hydrogen-bond donors (Lipinski definition) is 1. The summed E-state index contributed by atoms with van der Waals surface area (Å²) < 4.78 is 27.3. The molecule has 5 nitrogen and oxygen atoms in total. The van der Waals surface area contributed by atoms with E-state index in [-0.39, 0.29) is 0 Å². The van der Waals surface area contributed by atoms with E-state index in [0.29, 0.717) is 11.7 Å². The van der Waals surface area contributed by atoms with Gasteiger partial charge in [0.25, 0.3) is 0 Å². The molecule has 0 bridgehead atoms. The maximum atomic E-state index is 11.8. The van der Waals surface area contributed by atoms with Crippen molar-refractivity contribution in [3.63, 3.8) is 0 Å². The summed E-state index contributed by atoms with van der Waals surface area (Å²) in [5.74, 6) is 0. The van der Waals surface area contributed by atoms with Gasteiger partial charge in [-0.1, -0.05) is 6.92 Å². The van der Waals surface area contributed by atoms with E-state index in [1.165, 1.54) is 43.4 Å². The van der Waals surface area contributed by atoms with Gasteiger partial charge >= 0.3 is 10.2 Å². The Morgan fingerprint density at radius 2 is 1.90 bits per heavy atom. The Morgan fingerprint density at radius 1 is 1.24 bits per heavy atom. The molecule has 1 aromatic carbocycles. The van der Waals surface area contributed by atoms with Crippen molar-refractivity contribution in [2.24, 2.45) is 0 Å². The van der Waals surface area contributed by atoms with Gasteiger partial charge in [0.15, 0.2) is 0 Å². The van der Waals surface area contributed by atoms with Crippen molar-refractivity contribution in [2.45, 2.75) is 38.6 Å². The number of hydrogen-bond acceptors (Lipinski definition) is 3. The molecule has 0 spiro atoms. The second-order valence-corrected chi connectivity index (χ2v) is 7.57. The van der Waals surface area contributed by atoms with Crippen molar-refractivity contribution in [1.29, 1.82) is 0 Å². The molecule has 1 fully saturated rings. The molecule has 1 N–H and O–H groups in total. The fraction of sp³-hybridized carbons (Fsp3) is 0.600. The molecule has 1 unspecified atom stereocenters. The molecule has 1 aliphatic heterocycles. The molecule has 21 heavy (non-hydrogen) atoms. The van der Waals surface area contributed by atoms with Crippen LogP contribution >= 0.6 is 0 Å². The third-order valence-electron chi connectivity index (χ3n) is 4.02. The molecule has 0 saturated carbocycles. The largest absolute Gasteiger partial charge is 0.369 e. The number of nitrogens with one attached hydrogen (secondary N) is 1. The number of piperidine rings is 1. The number of rotatable bonds is 5. The fourth-order valence-corrected chi connectivity index (χ4v) is 3.34. The standard InChI is InChI=1S/C15H25N3O2S/c1-4-14-7-5-6-12-18(14)15-10-8-13(9-11-15)16-21(19,20)17(2)3/h8-11,14,16H,4-7,12H2,1-3H3. The van der Waals surface area contributed by atoms with Crippen molar-refractivity contribution in [2.75, 3.05) is 30.3 Å². The van der Waals surface area contributed by atoms with Crippen LogP contribution < -0.4 is 9.62 Å². The highest BCUT2D eigenvalue weighted by molar-refractivity contribution is 7.90. The normalized spacial score (nSPS) is 19.8. The van der Waals surface area contributed by atoms with Crippen LogP contribution in [-0.4, -0.2) is 39.4 Å². The zero-order valence-electron chi connectivity index (χ0n) is 13.0. The number of anilines is 2. The first-order valence-corrected chi connectivity index (χ1v) is 8.95. The van der Waals surface area contributed by atoms with Gasteiger partial charge < -0.3 is 4.90 Å². The van der Waals surface area contributed by atoms with Crippen LogP contribution in [0.15, 0.2) is 24.3 Å². The van der Waals surface area contributed by atoms with Crippen LogP contribution in [0.4, 0.5) is 11.4 Å². The van der Waals surface area contributed by atoms with Crippen LogP contribution in [0.25, 0.3) is 0 Å². The molecule has 1 aliphatic rings. The molecular weight excluding hydrogens is 286 g/mol. The van der Waals surface area contributed by atoms with E-state index in [1.54, 1.807) is 0 Å². The Labute approximate surface area is 128 Å². The van der Waals surface area contributed by atoms with Crippen molar-refractivity contribution in [3.05, 3.63) is 24.3 Å². The molecule has 1 aromatic rings. The third-order valence-corrected chi connectivity index (χ3v) is 5.48. The van der Waals surface area contributed by atoms with Gasteiger partial charge in [-0.2, -0.15) is 12.7 Å². The molecular formula is C15H25N3O2S. The predicted molar refractivity (Wildman–Crippen MR) is 87.9 cm³/mol. The molecule has 2 rings (SSSR count). The molecule has 0 aliphatic carbocycles. The van der Waals surface area contributed by atoms with Crippen LogP contribution in [0.5, 0.6) is 0 Å². The van der Waals surface area contributed by atoms with Crippen molar-refractivity contribution < 1.29 is 8.42 Å². The first kappa shape index (κ1) is 16.1. The quantitative estimate of drug-likeness (QED) is 0.909. The Hall–Kier alpha value is -1.27. The van der Waals surface area contributed by atoms with Gasteiger partial charge in [-0.15, -0.1) is 0 Å².